The Morgan fingerprint density at radius 2 is 2.23 bits per heavy atom. The number of aromatic nitrogens is 2. The summed E-state index contributed by atoms with van der Waals surface area (Å²) >= 11 is 6.00. The molecule has 1 heterocycles. The summed E-state index contributed by atoms with van der Waals surface area (Å²) in [4.78, 5) is 33.9. The second-order valence-electron chi connectivity index (χ2n) is 6.85. The summed E-state index contributed by atoms with van der Waals surface area (Å²) in [6, 6.07) is 4.96. The highest BCUT2D eigenvalue weighted by atomic mass is 35.5. The topological polar surface area (TPSA) is 75.3 Å². The highest BCUT2D eigenvalue weighted by molar-refractivity contribution is 6.31. The first-order valence-electron chi connectivity index (χ1n) is 9.06. The van der Waals surface area contributed by atoms with Crippen molar-refractivity contribution >= 4 is 28.4 Å². The van der Waals surface area contributed by atoms with Gasteiger partial charge in [-0.15, -0.1) is 0 Å². The van der Waals surface area contributed by atoms with Crippen molar-refractivity contribution in [1.29, 1.82) is 0 Å². The van der Waals surface area contributed by atoms with Gasteiger partial charge in [0.15, 0.2) is 0 Å². The zero-order valence-electron chi connectivity index (χ0n) is 15.1. The van der Waals surface area contributed by atoms with Crippen LogP contribution in [0.5, 0.6) is 0 Å². The number of benzene rings is 1. The van der Waals surface area contributed by atoms with Crippen molar-refractivity contribution < 1.29 is 9.53 Å². The minimum Gasteiger partial charge on any atom is -0.368 e. The van der Waals surface area contributed by atoms with Gasteiger partial charge in [0, 0.05) is 11.6 Å². The first-order chi connectivity index (χ1) is 12.5. The lowest BCUT2D eigenvalue weighted by Gasteiger charge is -2.25. The fourth-order valence-electron chi connectivity index (χ4n) is 2.85. The SMILES string of the molecule is CCCN(Cc1nc2cc(Cl)ccc2c(=O)[nH]1)C(=O)C(C)OCC1CC1. The maximum absolute atomic E-state index is 12.7. The molecule has 6 nitrogen and oxygen atoms in total. The Morgan fingerprint density at radius 3 is 2.92 bits per heavy atom. The second-order valence-corrected chi connectivity index (χ2v) is 7.29. The summed E-state index contributed by atoms with van der Waals surface area (Å²) in [7, 11) is 0. The van der Waals surface area contributed by atoms with Gasteiger partial charge >= 0.3 is 0 Å². The summed E-state index contributed by atoms with van der Waals surface area (Å²) in [5, 5.41) is 0.998. The Labute approximate surface area is 157 Å². The van der Waals surface area contributed by atoms with Gasteiger partial charge in [-0.2, -0.15) is 0 Å². The van der Waals surface area contributed by atoms with Crippen LogP contribution in [0.3, 0.4) is 0 Å². The molecular formula is C19H24ClN3O3. The van der Waals surface area contributed by atoms with Crippen molar-refractivity contribution in [2.75, 3.05) is 13.2 Å². The van der Waals surface area contributed by atoms with Gasteiger partial charge in [0.2, 0.25) is 0 Å². The van der Waals surface area contributed by atoms with Crippen LogP contribution in [-0.4, -0.2) is 40.0 Å². The van der Waals surface area contributed by atoms with Gasteiger partial charge in [0.1, 0.15) is 11.9 Å². The molecule has 1 aliphatic carbocycles. The molecule has 0 bridgehead atoms. The number of H-pyrrole nitrogens is 1. The Balaban J connectivity index is 1.77. The first-order valence-corrected chi connectivity index (χ1v) is 9.44. The van der Waals surface area contributed by atoms with Crippen LogP contribution in [0.25, 0.3) is 10.9 Å². The third-order valence-corrected chi connectivity index (χ3v) is 4.73. The third-order valence-electron chi connectivity index (χ3n) is 4.49. The lowest BCUT2D eigenvalue weighted by atomic mass is 10.2. The van der Waals surface area contributed by atoms with E-state index >= 15 is 0 Å². The highest BCUT2D eigenvalue weighted by Gasteiger charge is 2.26. The monoisotopic (exact) mass is 377 g/mol. The van der Waals surface area contributed by atoms with Gasteiger partial charge in [0.25, 0.3) is 11.5 Å². The van der Waals surface area contributed by atoms with Gasteiger partial charge in [0.05, 0.1) is 24.1 Å². The van der Waals surface area contributed by atoms with E-state index in [1.165, 1.54) is 12.8 Å². The molecule has 1 aliphatic rings. The van der Waals surface area contributed by atoms with Gasteiger partial charge in [-0.3, -0.25) is 9.59 Å². The molecule has 3 rings (SSSR count). The fourth-order valence-corrected chi connectivity index (χ4v) is 3.01. The van der Waals surface area contributed by atoms with E-state index in [1.54, 1.807) is 30.0 Å². The maximum Gasteiger partial charge on any atom is 0.258 e. The Morgan fingerprint density at radius 1 is 1.46 bits per heavy atom. The molecule has 1 N–H and O–H groups in total. The van der Waals surface area contributed by atoms with Crippen LogP contribution in [-0.2, 0) is 16.1 Å². The van der Waals surface area contributed by atoms with Crippen molar-refractivity contribution in [1.82, 2.24) is 14.9 Å². The molecule has 1 aromatic heterocycles. The normalized spacial score (nSPS) is 15.2. The average molecular weight is 378 g/mol. The summed E-state index contributed by atoms with van der Waals surface area (Å²) in [6.07, 6.45) is 2.68. The minimum atomic E-state index is -0.497. The second kappa shape index (κ2) is 8.18. The smallest absolute Gasteiger partial charge is 0.258 e. The predicted molar refractivity (Wildman–Crippen MR) is 101 cm³/mol. The van der Waals surface area contributed by atoms with Gasteiger partial charge in [-0.25, -0.2) is 4.98 Å². The van der Waals surface area contributed by atoms with E-state index in [9.17, 15) is 9.59 Å². The van der Waals surface area contributed by atoms with Crippen LogP contribution in [0.2, 0.25) is 5.02 Å². The fraction of sp³-hybridized carbons (Fsp3) is 0.526. The van der Waals surface area contributed by atoms with Crippen LogP contribution in [0, 0.1) is 5.92 Å². The number of fused-ring (bicyclic) bond motifs is 1. The van der Waals surface area contributed by atoms with Crippen LogP contribution >= 0.6 is 11.6 Å². The standard InChI is InChI=1S/C19H24ClN3O3/c1-3-8-23(19(25)12(2)26-11-13-4-5-13)10-17-21-16-9-14(20)6-7-15(16)18(24)22-17/h6-7,9,12-13H,3-5,8,10-11H2,1-2H3,(H,21,22,24). The van der Waals surface area contributed by atoms with E-state index in [0.717, 1.165) is 6.42 Å². The molecule has 2 aromatic rings. The minimum absolute atomic E-state index is 0.0821. The molecule has 140 valence electrons. The molecule has 1 atom stereocenters. The number of rotatable bonds is 8. The number of hydrogen-bond acceptors (Lipinski definition) is 4. The van der Waals surface area contributed by atoms with Crippen molar-refractivity contribution in [2.45, 2.75) is 45.8 Å². The van der Waals surface area contributed by atoms with Gasteiger partial charge < -0.3 is 14.6 Å². The van der Waals surface area contributed by atoms with E-state index in [0.29, 0.717) is 40.8 Å². The molecular weight excluding hydrogens is 354 g/mol. The molecule has 0 aliphatic heterocycles. The number of nitrogens with zero attached hydrogens (tertiary/aromatic N) is 2. The summed E-state index contributed by atoms with van der Waals surface area (Å²) in [5.74, 6) is 0.968. The van der Waals surface area contributed by atoms with E-state index in [4.69, 9.17) is 16.3 Å². The van der Waals surface area contributed by atoms with Crippen LogP contribution < -0.4 is 5.56 Å². The van der Waals surface area contributed by atoms with Crippen LogP contribution in [0.4, 0.5) is 0 Å². The number of halogens is 1. The molecule has 1 amide bonds. The average Bonchev–Trinajstić information content (AvgIpc) is 3.42. The first kappa shape index (κ1) is 18.9. The van der Waals surface area contributed by atoms with Crippen molar-refractivity contribution in [3.63, 3.8) is 0 Å². The van der Waals surface area contributed by atoms with Crippen molar-refractivity contribution in [3.05, 3.63) is 39.4 Å². The largest absolute Gasteiger partial charge is 0.368 e. The molecule has 1 unspecified atom stereocenters. The van der Waals surface area contributed by atoms with E-state index < -0.39 is 6.10 Å². The number of carbonyl (C=O) groups excluding carboxylic acids is 1. The van der Waals surface area contributed by atoms with E-state index in [1.807, 2.05) is 6.92 Å². The quantitative estimate of drug-likeness (QED) is 0.766. The highest BCUT2D eigenvalue weighted by Crippen LogP contribution is 2.29. The summed E-state index contributed by atoms with van der Waals surface area (Å²) in [6.45, 7) is 5.24. The molecule has 0 radical (unpaired) electrons. The zero-order valence-corrected chi connectivity index (χ0v) is 15.9. The molecule has 0 spiro atoms. The number of hydrogen-bond donors (Lipinski definition) is 1. The van der Waals surface area contributed by atoms with E-state index in [-0.39, 0.29) is 18.0 Å². The molecule has 1 fully saturated rings. The Hall–Kier alpha value is -1.92. The molecule has 0 saturated heterocycles. The predicted octanol–water partition coefficient (Wildman–Crippen LogP) is 3.13. The van der Waals surface area contributed by atoms with E-state index in [2.05, 4.69) is 9.97 Å². The molecule has 1 aromatic carbocycles. The number of nitrogens with one attached hydrogen (secondary N) is 1. The number of ether oxygens (including phenoxy) is 1. The Bertz CT molecular complexity index is 848. The van der Waals surface area contributed by atoms with Gasteiger partial charge in [-0.1, -0.05) is 18.5 Å². The number of amides is 1. The Kier molecular flexibility index (Phi) is 5.94. The van der Waals surface area contributed by atoms with Crippen LogP contribution in [0.1, 0.15) is 38.9 Å². The van der Waals surface area contributed by atoms with Crippen LogP contribution in [0.15, 0.2) is 23.0 Å². The van der Waals surface area contributed by atoms with Gasteiger partial charge in [-0.05, 0) is 50.3 Å². The molecule has 1 saturated carbocycles. The molecule has 7 heteroatoms. The van der Waals surface area contributed by atoms with Crippen molar-refractivity contribution in [2.24, 2.45) is 5.92 Å². The van der Waals surface area contributed by atoms with Crippen molar-refractivity contribution in [3.8, 4) is 0 Å². The number of carbonyl (C=O) groups is 1. The molecule has 26 heavy (non-hydrogen) atoms. The summed E-state index contributed by atoms with van der Waals surface area (Å²) < 4.78 is 5.70. The maximum atomic E-state index is 12.7. The lowest BCUT2D eigenvalue weighted by Crippen LogP contribution is -2.40. The number of aromatic amines is 1. The zero-order chi connectivity index (χ0) is 18.7. The summed E-state index contributed by atoms with van der Waals surface area (Å²) in [5.41, 5.74) is 0.293. The third kappa shape index (κ3) is 4.62. The lowest BCUT2D eigenvalue weighted by molar-refractivity contribution is -0.143.